The number of nitrogens with zero attached hydrogens (tertiary/aromatic N) is 1. The van der Waals surface area contributed by atoms with Crippen molar-refractivity contribution in [2.24, 2.45) is 0 Å². The van der Waals surface area contributed by atoms with Crippen LogP contribution in [0.25, 0.3) is 0 Å². The molecule has 3 rings (SSSR count). The minimum absolute atomic E-state index is 0.685. The minimum atomic E-state index is 0.685. The number of aromatic nitrogens is 1. The number of hydrogen-bond donors (Lipinski definition) is 0. The van der Waals surface area contributed by atoms with Crippen LogP contribution in [0.4, 0.5) is 0 Å². The van der Waals surface area contributed by atoms with Gasteiger partial charge in [0.25, 0.3) is 5.19 Å². The van der Waals surface area contributed by atoms with Crippen molar-refractivity contribution in [3.05, 3.63) is 39.3 Å². The molecule has 1 aromatic carbocycles. The van der Waals surface area contributed by atoms with Gasteiger partial charge in [-0.25, -0.2) is 0 Å². The Bertz CT molecular complexity index is 523. The van der Waals surface area contributed by atoms with Crippen LogP contribution in [0, 0.1) is 0 Å². The van der Waals surface area contributed by atoms with Gasteiger partial charge < -0.3 is 4.74 Å². The Morgan fingerprint density at radius 1 is 1.25 bits per heavy atom. The van der Waals surface area contributed by atoms with E-state index in [2.05, 4.69) is 33.0 Å². The first-order valence-electron chi connectivity index (χ1n) is 5.22. The van der Waals surface area contributed by atoms with Crippen LogP contribution in [0.15, 0.2) is 28.2 Å². The highest BCUT2D eigenvalue weighted by Gasteiger charge is 2.12. The molecule has 4 heteroatoms. The molecule has 1 heterocycles. The van der Waals surface area contributed by atoms with E-state index in [0.717, 1.165) is 10.4 Å². The minimum Gasteiger partial charge on any atom is -0.431 e. The Morgan fingerprint density at radius 2 is 2.12 bits per heavy atom. The summed E-state index contributed by atoms with van der Waals surface area (Å²) in [6, 6.07) is 6.33. The highest BCUT2D eigenvalue weighted by molar-refractivity contribution is 9.10. The van der Waals surface area contributed by atoms with Gasteiger partial charge in [-0.1, -0.05) is 17.4 Å². The number of hydrogen-bond acceptors (Lipinski definition) is 3. The molecule has 2 aromatic rings. The lowest BCUT2D eigenvalue weighted by molar-refractivity contribution is 0.477. The fourth-order valence-electron chi connectivity index (χ4n) is 2.00. The molecule has 2 nitrogen and oxygen atoms in total. The Hall–Kier alpha value is -0.870. The Balaban J connectivity index is 1.85. The zero-order chi connectivity index (χ0) is 11.0. The second kappa shape index (κ2) is 4.18. The largest absolute Gasteiger partial charge is 0.431 e. The molecule has 0 atom stereocenters. The number of ether oxygens (including phenoxy) is 1. The van der Waals surface area contributed by atoms with E-state index in [4.69, 9.17) is 4.74 Å². The first-order chi connectivity index (χ1) is 7.81. The van der Waals surface area contributed by atoms with E-state index in [1.54, 1.807) is 0 Å². The third kappa shape index (κ3) is 1.99. The van der Waals surface area contributed by atoms with Gasteiger partial charge >= 0.3 is 0 Å². The molecule has 0 radical (unpaired) electrons. The van der Waals surface area contributed by atoms with Gasteiger partial charge in [-0.05, 0) is 58.5 Å². The summed E-state index contributed by atoms with van der Waals surface area (Å²) < 4.78 is 6.53. The summed E-state index contributed by atoms with van der Waals surface area (Å²) in [6.07, 6.45) is 3.65. The monoisotopic (exact) mass is 295 g/mol. The molecule has 0 fully saturated rings. The highest BCUT2D eigenvalue weighted by Crippen LogP contribution is 2.31. The molecule has 0 spiro atoms. The molecule has 0 aliphatic heterocycles. The van der Waals surface area contributed by atoms with Crippen molar-refractivity contribution in [2.45, 2.75) is 19.3 Å². The molecule has 0 saturated heterocycles. The van der Waals surface area contributed by atoms with Crippen molar-refractivity contribution in [1.82, 2.24) is 4.98 Å². The molecule has 82 valence electrons. The van der Waals surface area contributed by atoms with E-state index in [1.807, 2.05) is 11.4 Å². The summed E-state index contributed by atoms with van der Waals surface area (Å²) in [5, 5.41) is 2.60. The van der Waals surface area contributed by atoms with Gasteiger partial charge in [0.2, 0.25) is 0 Å². The topological polar surface area (TPSA) is 22.1 Å². The summed E-state index contributed by atoms with van der Waals surface area (Å²) in [7, 11) is 0. The zero-order valence-corrected chi connectivity index (χ0v) is 11.0. The van der Waals surface area contributed by atoms with Gasteiger partial charge in [0, 0.05) is 5.38 Å². The number of halogens is 1. The lowest BCUT2D eigenvalue weighted by Crippen LogP contribution is -1.86. The van der Waals surface area contributed by atoms with Gasteiger partial charge in [0.1, 0.15) is 10.4 Å². The second-order valence-corrected chi connectivity index (χ2v) is 5.46. The number of thiazole rings is 1. The maximum Gasteiger partial charge on any atom is 0.279 e. The third-order valence-electron chi connectivity index (χ3n) is 2.73. The smallest absolute Gasteiger partial charge is 0.279 e. The highest BCUT2D eigenvalue weighted by atomic mass is 79.9. The van der Waals surface area contributed by atoms with Gasteiger partial charge in [-0.3, -0.25) is 0 Å². The Labute approximate surface area is 106 Å². The molecule has 1 aromatic heterocycles. The van der Waals surface area contributed by atoms with Crippen LogP contribution in [0.3, 0.4) is 0 Å². The third-order valence-corrected chi connectivity index (χ3v) is 4.16. The van der Waals surface area contributed by atoms with E-state index in [0.29, 0.717) is 5.19 Å². The predicted molar refractivity (Wildman–Crippen MR) is 68.4 cm³/mol. The predicted octanol–water partition coefficient (Wildman–Crippen LogP) is 4.19. The van der Waals surface area contributed by atoms with Gasteiger partial charge in [0.15, 0.2) is 0 Å². The molecule has 1 aliphatic carbocycles. The molecule has 1 aliphatic rings. The summed E-state index contributed by atoms with van der Waals surface area (Å²) >= 11 is 4.81. The molecular weight excluding hydrogens is 286 g/mol. The molecule has 16 heavy (non-hydrogen) atoms. The molecule has 0 saturated carbocycles. The average molecular weight is 296 g/mol. The summed E-state index contributed by atoms with van der Waals surface area (Å²) in [4.78, 5) is 4.21. The normalized spacial score (nSPS) is 13.8. The van der Waals surface area contributed by atoms with E-state index in [9.17, 15) is 0 Å². The van der Waals surface area contributed by atoms with Crippen molar-refractivity contribution in [2.75, 3.05) is 0 Å². The summed E-state index contributed by atoms with van der Waals surface area (Å²) in [5.74, 6) is 0.891. The van der Waals surface area contributed by atoms with Crippen LogP contribution in [0.1, 0.15) is 17.5 Å². The SMILES string of the molecule is Brc1csc(Oc2ccc3c(c2)CCC3)n1. The van der Waals surface area contributed by atoms with Crippen molar-refractivity contribution >= 4 is 27.3 Å². The summed E-state index contributed by atoms with van der Waals surface area (Å²) in [5.41, 5.74) is 2.89. The number of benzene rings is 1. The number of rotatable bonds is 2. The maximum absolute atomic E-state index is 5.70. The van der Waals surface area contributed by atoms with Crippen LogP contribution >= 0.6 is 27.3 Å². The van der Waals surface area contributed by atoms with E-state index < -0.39 is 0 Å². The standard InChI is InChI=1S/C12H10BrNOS/c13-11-7-16-12(14-11)15-10-5-4-8-2-1-3-9(8)6-10/h4-7H,1-3H2. The molecule has 0 amide bonds. The molecule has 0 unspecified atom stereocenters. The first-order valence-corrected chi connectivity index (χ1v) is 6.89. The first kappa shape index (κ1) is 10.3. The Morgan fingerprint density at radius 3 is 2.94 bits per heavy atom. The number of aryl methyl sites for hydroxylation is 2. The molecule has 0 bridgehead atoms. The van der Waals surface area contributed by atoms with Crippen molar-refractivity contribution in [1.29, 1.82) is 0 Å². The van der Waals surface area contributed by atoms with Crippen molar-refractivity contribution < 1.29 is 4.74 Å². The zero-order valence-electron chi connectivity index (χ0n) is 8.57. The lowest BCUT2D eigenvalue weighted by Gasteiger charge is -2.04. The van der Waals surface area contributed by atoms with Crippen LogP contribution in [0.5, 0.6) is 10.9 Å². The van der Waals surface area contributed by atoms with Crippen molar-refractivity contribution in [3.8, 4) is 10.9 Å². The molecular formula is C12H10BrNOS. The van der Waals surface area contributed by atoms with Crippen LogP contribution in [0.2, 0.25) is 0 Å². The van der Waals surface area contributed by atoms with Gasteiger partial charge in [-0.15, -0.1) is 0 Å². The van der Waals surface area contributed by atoms with E-state index in [1.165, 1.54) is 41.7 Å². The van der Waals surface area contributed by atoms with Crippen molar-refractivity contribution in [3.63, 3.8) is 0 Å². The fraction of sp³-hybridized carbons (Fsp3) is 0.250. The maximum atomic E-state index is 5.70. The number of fused-ring (bicyclic) bond motifs is 1. The second-order valence-electron chi connectivity index (χ2n) is 3.82. The van der Waals surface area contributed by atoms with Crippen LogP contribution < -0.4 is 4.74 Å². The van der Waals surface area contributed by atoms with E-state index >= 15 is 0 Å². The van der Waals surface area contributed by atoms with Gasteiger partial charge in [0.05, 0.1) is 0 Å². The van der Waals surface area contributed by atoms with E-state index in [-0.39, 0.29) is 0 Å². The van der Waals surface area contributed by atoms with Crippen LogP contribution in [-0.2, 0) is 12.8 Å². The lowest BCUT2D eigenvalue weighted by atomic mass is 10.1. The fourth-order valence-corrected chi connectivity index (χ4v) is 3.10. The quantitative estimate of drug-likeness (QED) is 0.829. The summed E-state index contributed by atoms with van der Waals surface area (Å²) in [6.45, 7) is 0. The molecule has 0 N–H and O–H groups in total. The van der Waals surface area contributed by atoms with Crippen LogP contribution in [-0.4, -0.2) is 4.98 Å². The Kier molecular flexibility index (Phi) is 2.69. The van der Waals surface area contributed by atoms with Gasteiger partial charge in [-0.2, -0.15) is 4.98 Å². The average Bonchev–Trinajstić information content (AvgIpc) is 2.87.